The van der Waals surface area contributed by atoms with E-state index < -0.39 is 0 Å². The van der Waals surface area contributed by atoms with Crippen molar-refractivity contribution in [3.8, 4) is 11.3 Å². The van der Waals surface area contributed by atoms with Gasteiger partial charge in [-0.25, -0.2) is 18.9 Å². The third-order valence-electron chi connectivity index (χ3n) is 7.18. The second kappa shape index (κ2) is 7.08. The third-order valence-corrected chi connectivity index (χ3v) is 8.28. The van der Waals surface area contributed by atoms with Crippen molar-refractivity contribution in [1.29, 1.82) is 0 Å². The molecule has 1 aromatic carbocycles. The molecule has 2 N–H and O–H groups in total. The zero-order valence-electron chi connectivity index (χ0n) is 18.2. The second-order valence-corrected chi connectivity index (χ2v) is 10.3. The van der Waals surface area contributed by atoms with Crippen LogP contribution in [0, 0.1) is 25.1 Å². The fraction of sp³-hybridized carbons (Fsp3) is 0.375. The lowest BCUT2D eigenvalue weighted by Crippen LogP contribution is -2.44. The Morgan fingerprint density at radius 2 is 1.91 bits per heavy atom. The summed E-state index contributed by atoms with van der Waals surface area (Å²) < 4.78 is 16.4. The first-order chi connectivity index (χ1) is 15.5. The maximum Gasteiger partial charge on any atom is 0.155 e. The molecule has 1 saturated heterocycles. The fourth-order valence-electron chi connectivity index (χ4n) is 5.50. The van der Waals surface area contributed by atoms with Crippen LogP contribution in [0.4, 0.5) is 10.2 Å². The number of benzene rings is 1. The molecule has 1 fully saturated rings. The van der Waals surface area contributed by atoms with E-state index in [1.165, 1.54) is 16.6 Å². The lowest BCUT2D eigenvalue weighted by Gasteiger charge is -2.42. The quantitative estimate of drug-likeness (QED) is 0.490. The molecule has 1 aliphatic heterocycles. The van der Waals surface area contributed by atoms with Gasteiger partial charge in [-0.1, -0.05) is 12.1 Å². The third kappa shape index (κ3) is 2.82. The van der Waals surface area contributed by atoms with Crippen LogP contribution in [0.25, 0.3) is 16.8 Å². The molecule has 0 saturated carbocycles. The van der Waals surface area contributed by atoms with Crippen LogP contribution in [0.3, 0.4) is 0 Å². The van der Waals surface area contributed by atoms with E-state index in [4.69, 9.17) is 15.7 Å². The summed E-state index contributed by atoms with van der Waals surface area (Å²) in [5, 5.41) is 5.63. The lowest BCUT2D eigenvalue weighted by molar-refractivity contribution is 0.187. The van der Waals surface area contributed by atoms with Gasteiger partial charge in [-0.15, -0.1) is 11.3 Å². The summed E-state index contributed by atoms with van der Waals surface area (Å²) in [6, 6.07) is 8.82. The minimum Gasteiger partial charge on any atom is -0.355 e. The topological polar surface area (TPSA) is 72.3 Å². The monoisotopic (exact) mass is 448 g/mol. The van der Waals surface area contributed by atoms with Gasteiger partial charge in [-0.3, -0.25) is 0 Å². The summed E-state index contributed by atoms with van der Waals surface area (Å²) in [5.41, 5.74) is 10.9. The molecule has 2 aliphatic rings. The van der Waals surface area contributed by atoms with Gasteiger partial charge in [0.1, 0.15) is 11.3 Å². The Morgan fingerprint density at radius 3 is 2.66 bits per heavy atom. The number of fused-ring (bicyclic) bond motifs is 2. The van der Waals surface area contributed by atoms with Crippen LogP contribution < -0.4 is 10.6 Å². The molecule has 32 heavy (non-hydrogen) atoms. The molecule has 8 heteroatoms. The summed E-state index contributed by atoms with van der Waals surface area (Å²) in [6.07, 6.45) is 4.75. The Kier molecular flexibility index (Phi) is 4.39. The minimum absolute atomic E-state index is 0.0685. The largest absolute Gasteiger partial charge is 0.355 e. The molecule has 1 spiro atoms. The van der Waals surface area contributed by atoms with E-state index in [2.05, 4.69) is 16.9 Å². The van der Waals surface area contributed by atoms with E-state index in [0.29, 0.717) is 11.3 Å². The van der Waals surface area contributed by atoms with E-state index in [0.717, 1.165) is 54.4 Å². The number of nitrogens with two attached hydrogens (primary N) is 1. The van der Waals surface area contributed by atoms with E-state index in [-0.39, 0.29) is 17.3 Å². The van der Waals surface area contributed by atoms with Gasteiger partial charge in [0.2, 0.25) is 0 Å². The number of aromatic nitrogens is 4. The summed E-state index contributed by atoms with van der Waals surface area (Å²) in [7, 11) is 0. The molecule has 6 rings (SSSR count). The zero-order valence-corrected chi connectivity index (χ0v) is 19.0. The number of halogens is 1. The molecule has 4 aromatic rings. The van der Waals surface area contributed by atoms with Crippen molar-refractivity contribution >= 4 is 22.7 Å². The molecule has 1 atom stereocenters. The van der Waals surface area contributed by atoms with Gasteiger partial charge in [0.25, 0.3) is 0 Å². The average Bonchev–Trinajstić information content (AvgIpc) is 3.46. The van der Waals surface area contributed by atoms with Gasteiger partial charge in [-0.2, -0.15) is 5.10 Å². The zero-order chi connectivity index (χ0) is 22.0. The van der Waals surface area contributed by atoms with Crippen molar-refractivity contribution in [1.82, 2.24) is 19.6 Å². The van der Waals surface area contributed by atoms with Gasteiger partial charge >= 0.3 is 0 Å². The standard InChI is InChI=1S/C24H25FN6S/c1-14-20(16-5-3-4-6-17(16)25)31-19(7-10-27-31)23(28-14)30-11-8-24(9-12-30)13-18-21(22(24)26)32-15(2)29-18/h3-7,10,22H,8-9,11-13,26H2,1-2H3/t22-/m1/s1. The number of piperidine rings is 1. The Balaban J connectivity index is 1.33. The maximum absolute atomic E-state index is 14.6. The SMILES string of the molecule is Cc1nc2c(s1)[C@@H](N)C1(CCN(c3nc(C)c(-c4ccccc4F)n4nccc34)CC1)C2. The fourth-order valence-corrected chi connectivity index (χ4v) is 6.58. The Hall–Kier alpha value is -2.84. The summed E-state index contributed by atoms with van der Waals surface area (Å²) in [4.78, 5) is 13.3. The highest BCUT2D eigenvalue weighted by Crippen LogP contribution is 2.52. The molecule has 4 heterocycles. The van der Waals surface area contributed by atoms with Crippen molar-refractivity contribution in [3.05, 3.63) is 63.6 Å². The molecule has 0 unspecified atom stereocenters. The average molecular weight is 449 g/mol. The van der Waals surface area contributed by atoms with Gasteiger partial charge in [-0.05, 0) is 56.7 Å². The van der Waals surface area contributed by atoms with Crippen LogP contribution in [0.2, 0.25) is 0 Å². The van der Waals surface area contributed by atoms with Crippen LogP contribution in [0.1, 0.15) is 40.2 Å². The molecule has 0 bridgehead atoms. The van der Waals surface area contributed by atoms with Gasteiger partial charge < -0.3 is 10.6 Å². The molecule has 0 amide bonds. The van der Waals surface area contributed by atoms with Gasteiger partial charge in [0.15, 0.2) is 5.82 Å². The van der Waals surface area contributed by atoms with E-state index in [9.17, 15) is 4.39 Å². The molecular formula is C24H25FN6S. The van der Waals surface area contributed by atoms with Gasteiger partial charge in [0, 0.05) is 29.6 Å². The first-order valence-corrected chi connectivity index (χ1v) is 11.8. The Bertz CT molecular complexity index is 1330. The molecular weight excluding hydrogens is 423 g/mol. The van der Waals surface area contributed by atoms with Crippen LogP contribution in [0.5, 0.6) is 0 Å². The lowest BCUT2D eigenvalue weighted by atomic mass is 9.74. The van der Waals surface area contributed by atoms with Crippen molar-refractivity contribution in [3.63, 3.8) is 0 Å². The Morgan fingerprint density at radius 1 is 1.12 bits per heavy atom. The smallest absolute Gasteiger partial charge is 0.155 e. The number of aryl methyl sites for hydroxylation is 2. The van der Waals surface area contributed by atoms with Crippen LogP contribution >= 0.6 is 11.3 Å². The first kappa shape index (κ1) is 19.8. The first-order valence-electron chi connectivity index (χ1n) is 11.0. The van der Waals surface area contributed by atoms with E-state index >= 15 is 0 Å². The van der Waals surface area contributed by atoms with Gasteiger partial charge in [0.05, 0.1) is 28.3 Å². The highest BCUT2D eigenvalue weighted by atomic mass is 32.1. The van der Waals surface area contributed by atoms with Crippen molar-refractivity contribution < 1.29 is 4.39 Å². The van der Waals surface area contributed by atoms with Crippen LogP contribution in [-0.2, 0) is 6.42 Å². The normalized spacial score (nSPS) is 19.8. The second-order valence-electron chi connectivity index (χ2n) is 9.03. The molecule has 0 radical (unpaired) electrons. The number of nitrogens with zero attached hydrogens (tertiary/aromatic N) is 5. The molecule has 3 aromatic heterocycles. The van der Waals surface area contributed by atoms with E-state index in [1.54, 1.807) is 29.7 Å². The van der Waals surface area contributed by atoms with Crippen molar-refractivity contribution in [2.24, 2.45) is 11.1 Å². The summed E-state index contributed by atoms with van der Waals surface area (Å²) in [6.45, 7) is 5.75. The van der Waals surface area contributed by atoms with Crippen LogP contribution in [0.15, 0.2) is 36.5 Å². The molecule has 6 nitrogen and oxygen atoms in total. The van der Waals surface area contributed by atoms with Crippen LogP contribution in [-0.4, -0.2) is 32.7 Å². The predicted octanol–water partition coefficient (Wildman–Crippen LogP) is 4.45. The summed E-state index contributed by atoms with van der Waals surface area (Å²) >= 11 is 1.75. The number of thiazole rings is 1. The summed E-state index contributed by atoms with van der Waals surface area (Å²) in [5.74, 6) is 0.638. The number of hydrogen-bond acceptors (Lipinski definition) is 6. The Labute approximate surface area is 189 Å². The highest BCUT2D eigenvalue weighted by molar-refractivity contribution is 7.11. The molecule has 1 aliphatic carbocycles. The van der Waals surface area contributed by atoms with E-state index in [1.807, 2.05) is 23.6 Å². The molecule has 164 valence electrons. The van der Waals surface area contributed by atoms with Crippen molar-refractivity contribution in [2.75, 3.05) is 18.0 Å². The number of hydrogen-bond donors (Lipinski definition) is 1. The number of anilines is 1. The maximum atomic E-state index is 14.6. The number of rotatable bonds is 2. The van der Waals surface area contributed by atoms with Crippen molar-refractivity contribution in [2.45, 2.75) is 39.2 Å². The highest BCUT2D eigenvalue weighted by Gasteiger charge is 2.48. The predicted molar refractivity (Wildman–Crippen MR) is 124 cm³/mol. The minimum atomic E-state index is -0.270.